The maximum Gasteiger partial charge on any atom is 0.378 e. The summed E-state index contributed by atoms with van der Waals surface area (Å²) in [5, 5.41) is 3.52. The van der Waals surface area contributed by atoms with Crippen LogP contribution >= 0.6 is 15.9 Å². The lowest BCUT2D eigenvalue weighted by molar-refractivity contribution is 0.0725. The highest BCUT2D eigenvalue weighted by atomic mass is 79.9. The number of halogens is 3. The molecule has 84 valence electrons. The van der Waals surface area contributed by atoms with E-state index in [-0.39, 0.29) is 5.82 Å². The maximum atomic E-state index is 12.8. The first kappa shape index (κ1) is 10.9. The highest BCUT2D eigenvalue weighted by Gasteiger charge is 2.40. The van der Waals surface area contributed by atoms with Crippen molar-refractivity contribution in [3.05, 3.63) is 11.7 Å². The third-order valence-electron chi connectivity index (χ3n) is 2.61. The van der Waals surface area contributed by atoms with Crippen LogP contribution in [-0.2, 0) is 10.4 Å². The first-order chi connectivity index (χ1) is 6.92. The average Bonchev–Trinajstić information content (AvgIpc) is 2.69. The molecule has 1 aliphatic rings. The van der Waals surface area contributed by atoms with Gasteiger partial charge in [0, 0.05) is 15.9 Å². The molecule has 1 saturated carbocycles. The fourth-order valence-corrected chi connectivity index (χ4v) is 1.93. The van der Waals surface area contributed by atoms with Gasteiger partial charge in [0.15, 0.2) is 5.82 Å². The maximum absolute atomic E-state index is 12.8. The Kier molecular flexibility index (Phi) is 2.54. The molecular weight excluding hydrogens is 272 g/mol. The molecule has 0 aliphatic heterocycles. The van der Waals surface area contributed by atoms with Crippen molar-refractivity contribution in [2.24, 2.45) is 5.73 Å². The van der Waals surface area contributed by atoms with Gasteiger partial charge in [-0.2, -0.15) is 13.8 Å². The summed E-state index contributed by atoms with van der Waals surface area (Å²) in [6, 6.07) is 0. The van der Waals surface area contributed by atoms with Crippen molar-refractivity contribution in [1.82, 2.24) is 10.1 Å². The molecular formula is C8H10BrF2N3O. The Morgan fingerprint density at radius 3 is 2.47 bits per heavy atom. The molecule has 0 saturated heterocycles. The fraction of sp³-hybridized carbons (Fsp3) is 0.750. The van der Waals surface area contributed by atoms with Gasteiger partial charge in [0.05, 0.1) is 5.54 Å². The Morgan fingerprint density at radius 2 is 2.00 bits per heavy atom. The molecule has 15 heavy (non-hydrogen) atoms. The number of aromatic nitrogens is 2. The van der Waals surface area contributed by atoms with Crippen LogP contribution in [0, 0.1) is 0 Å². The van der Waals surface area contributed by atoms with Gasteiger partial charge >= 0.3 is 10.7 Å². The van der Waals surface area contributed by atoms with Gasteiger partial charge in [0.2, 0.25) is 0 Å². The number of alkyl halides is 3. The van der Waals surface area contributed by atoms with Crippen LogP contribution in [0.25, 0.3) is 0 Å². The monoisotopic (exact) mass is 281 g/mol. The average molecular weight is 282 g/mol. The van der Waals surface area contributed by atoms with Crippen molar-refractivity contribution in [3.63, 3.8) is 0 Å². The number of rotatable bonds is 2. The molecule has 2 N–H and O–H groups in total. The lowest BCUT2D eigenvalue weighted by Crippen LogP contribution is -2.34. The van der Waals surface area contributed by atoms with Crippen molar-refractivity contribution in [3.8, 4) is 0 Å². The van der Waals surface area contributed by atoms with E-state index < -0.39 is 16.3 Å². The Hall–Kier alpha value is -0.560. The lowest BCUT2D eigenvalue weighted by Gasteiger charge is -2.17. The van der Waals surface area contributed by atoms with Crippen LogP contribution in [0.1, 0.15) is 37.4 Å². The van der Waals surface area contributed by atoms with E-state index in [1.165, 1.54) is 0 Å². The van der Waals surface area contributed by atoms with Gasteiger partial charge in [-0.1, -0.05) is 18.0 Å². The SMILES string of the molecule is NC1(c2noc(C(F)(F)Br)n2)CCCC1. The molecule has 1 aliphatic carbocycles. The van der Waals surface area contributed by atoms with Crippen molar-refractivity contribution in [2.45, 2.75) is 36.1 Å². The quantitative estimate of drug-likeness (QED) is 0.845. The van der Waals surface area contributed by atoms with E-state index in [9.17, 15) is 8.78 Å². The van der Waals surface area contributed by atoms with E-state index >= 15 is 0 Å². The minimum absolute atomic E-state index is 0.175. The van der Waals surface area contributed by atoms with Crippen LogP contribution in [0.2, 0.25) is 0 Å². The zero-order valence-electron chi connectivity index (χ0n) is 7.84. The lowest BCUT2D eigenvalue weighted by atomic mass is 9.99. The van der Waals surface area contributed by atoms with Crippen LogP contribution in [0.15, 0.2) is 4.52 Å². The molecule has 0 aromatic carbocycles. The van der Waals surface area contributed by atoms with Crippen molar-refractivity contribution < 1.29 is 13.3 Å². The topological polar surface area (TPSA) is 64.9 Å². The van der Waals surface area contributed by atoms with Gasteiger partial charge in [-0.3, -0.25) is 0 Å². The third-order valence-corrected chi connectivity index (χ3v) is 2.95. The highest BCUT2D eigenvalue weighted by Crippen LogP contribution is 2.38. The Labute approximate surface area is 93.3 Å². The van der Waals surface area contributed by atoms with Crippen molar-refractivity contribution in [2.75, 3.05) is 0 Å². The van der Waals surface area contributed by atoms with E-state index in [0.717, 1.165) is 12.8 Å². The predicted molar refractivity (Wildman–Crippen MR) is 51.5 cm³/mol. The first-order valence-corrected chi connectivity index (χ1v) is 5.41. The van der Waals surface area contributed by atoms with Crippen LogP contribution in [0.4, 0.5) is 8.78 Å². The molecule has 0 bridgehead atoms. The van der Waals surface area contributed by atoms with Gasteiger partial charge in [-0.15, -0.1) is 0 Å². The summed E-state index contributed by atoms with van der Waals surface area (Å²) in [4.78, 5) is 0.351. The summed E-state index contributed by atoms with van der Waals surface area (Å²) in [7, 11) is 0. The summed E-state index contributed by atoms with van der Waals surface area (Å²) < 4.78 is 30.0. The molecule has 0 unspecified atom stereocenters. The van der Waals surface area contributed by atoms with Gasteiger partial charge in [0.25, 0.3) is 0 Å². The molecule has 0 spiro atoms. The first-order valence-electron chi connectivity index (χ1n) is 4.62. The predicted octanol–water partition coefficient (Wildman–Crippen LogP) is 2.24. The fourth-order valence-electron chi connectivity index (χ4n) is 1.77. The molecule has 0 atom stereocenters. The van der Waals surface area contributed by atoms with Gasteiger partial charge in [-0.25, -0.2) is 0 Å². The van der Waals surface area contributed by atoms with Gasteiger partial charge in [-0.05, 0) is 12.8 Å². The van der Waals surface area contributed by atoms with E-state index in [1.54, 1.807) is 0 Å². The molecule has 1 heterocycles. The zero-order chi connectivity index (χ0) is 11.1. The van der Waals surface area contributed by atoms with Gasteiger partial charge in [0.1, 0.15) is 0 Å². The van der Waals surface area contributed by atoms with Crippen molar-refractivity contribution in [1.29, 1.82) is 0 Å². The van der Waals surface area contributed by atoms with Crippen molar-refractivity contribution >= 4 is 15.9 Å². The molecule has 1 aromatic heterocycles. The molecule has 7 heteroatoms. The Balaban J connectivity index is 2.27. The normalized spacial score (nSPS) is 20.8. The summed E-state index contributed by atoms with van der Waals surface area (Å²) in [6.07, 6.45) is 3.34. The van der Waals surface area contributed by atoms with E-state index in [1.807, 2.05) is 0 Å². The summed E-state index contributed by atoms with van der Waals surface area (Å²) >= 11 is 2.16. The van der Waals surface area contributed by atoms with Crippen LogP contribution in [0.3, 0.4) is 0 Å². The minimum Gasteiger partial charge on any atom is -0.331 e. The van der Waals surface area contributed by atoms with Crippen LogP contribution in [0.5, 0.6) is 0 Å². The molecule has 1 fully saturated rings. The third kappa shape index (κ3) is 2.03. The van der Waals surface area contributed by atoms with Gasteiger partial charge < -0.3 is 10.3 Å². The second-order valence-corrected chi connectivity index (χ2v) is 4.78. The van der Waals surface area contributed by atoms with E-state index in [4.69, 9.17) is 5.73 Å². The molecule has 4 nitrogen and oxygen atoms in total. The van der Waals surface area contributed by atoms with Crippen LogP contribution in [-0.4, -0.2) is 10.1 Å². The second kappa shape index (κ2) is 3.48. The zero-order valence-corrected chi connectivity index (χ0v) is 9.43. The summed E-state index contributed by atoms with van der Waals surface area (Å²) in [5.74, 6) is -0.566. The highest BCUT2D eigenvalue weighted by molar-refractivity contribution is 9.09. The number of nitrogens with zero attached hydrogens (tertiary/aromatic N) is 2. The van der Waals surface area contributed by atoms with Crippen LogP contribution < -0.4 is 5.73 Å². The smallest absolute Gasteiger partial charge is 0.331 e. The molecule has 0 amide bonds. The van der Waals surface area contributed by atoms with E-state index in [2.05, 4.69) is 30.6 Å². The van der Waals surface area contributed by atoms with E-state index in [0.29, 0.717) is 12.8 Å². The number of nitrogens with two attached hydrogens (primary N) is 1. The largest absolute Gasteiger partial charge is 0.378 e. The number of hydrogen-bond donors (Lipinski definition) is 1. The Bertz CT molecular complexity index is 357. The summed E-state index contributed by atoms with van der Waals surface area (Å²) in [6.45, 7) is 0. The Morgan fingerprint density at radius 1 is 1.40 bits per heavy atom. The molecule has 2 rings (SSSR count). The molecule has 0 radical (unpaired) electrons. The minimum atomic E-state index is -3.28. The number of hydrogen-bond acceptors (Lipinski definition) is 4. The second-order valence-electron chi connectivity index (χ2n) is 3.78. The summed E-state index contributed by atoms with van der Waals surface area (Å²) in [5.41, 5.74) is 5.30. The molecule has 1 aromatic rings. The standard InChI is InChI=1S/C8H10BrF2N3O/c9-8(10,11)6-13-5(14-15-6)7(12)3-1-2-4-7/h1-4,12H2.